The van der Waals surface area contributed by atoms with Crippen LogP contribution in [0.15, 0.2) is 33.9 Å². The van der Waals surface area contributed by atoms with Gasteiger partial charge in [-0.1, -0.05) is 5.57 Å². The second-order valence-electron chi connectivity index (χ2n) is 7.04. The van der Waals surface area contributed by atoms with Crippen LogP contribution in [-0.4, -0.2) is 34.2 Å². The highest BCUT2D eigenvalue weighted by Gasteiger charge is 2.64. The van der Waals surface area contributed by atoms with E-state index in [1.807, 2.05) is 19.9 Å². The molecular formula is C18H23NO4. The van der Waals surface area contributed by atoms with Gasteiger partial charge in [0.1, 0.15) is 5.60 Å². The van der Waals surface area contributed by atoms with Crippen molar-refractivity contribution in [3.63, 3.8) is 0 Å². The van der Waals surface area contributed by atoms with Crippen LogP contribution in [0.3, 0.4) is 0 Å². The Hall–Kier alpha value is -1.88. The molecule has 3 aliphatic rings. The molecule has 5 heteroatoms. The third-order valence-electron chi connectivity index (χ3n) is 5.75. The highest BCUT2D eigenvalue weighted by atomic mass is 16.4. The number of carbonyl (C=O) groups excluding carboxylic acids is 1. The van der Waals surface area contributed by atoms with Gasteiger partial charge in [0, 0.05) is 17.5 Å². The molecule has 0 heterocycles. The van der Waals surface area contributed by atoms with E-state index in [1.165, 1.54) is 0 Å². The first-order valence-electron chi connectivity index (χ1n) is 8.10. The number of hydrogen-bond acceptors (Lipinski definition) is 3. The number of carbonyl (C=O) groups is 2. The standard InChI is InChI=1S/C18H23NO4/c1-10-9-13-14(12(10)5-4-8-19-16(21)22)11(2)18(6-7-18)17(3,23)15(13)20/h9,19,23H,4-8H2,1-3H3,(H,21,22)/t17-/m0/s1. The van der Waals surface area contributed by atoms with Gasteiger partial charge >= 0.3 is 6.09 Å². The molecule has 0 bridgehead atoms. The Kier molecular flexibility index (Phi) is 3.52. The van der Waals surface area contributed by atoms with E-state index >= 15 is 0 Å². The number of Topliss-reactive ketones (excluding diaryl/α,β-unsaturated/α-hetero) is 1. The molecule has 3 aliphatic carbocycles. The third-order valence-corrected chi connectivity index (χ3v) is 5.75. The van der Waals surface area contributed by atoms with Crippen molar-refractivity contribution in [1.82, 2.24) is 5.32 Å². The minimum absolute atomic E-state index is 0.173. The summed E-state index contributed by atoms with van der Waals surface area (Å²) in [6, 6.07) is 0. The van der Waals surface area contributed by atoms with Crippen molar-refractivity contribution in [2.24, 2.45) is 5.41 Å². The zero-order valence-corrected chi connectivity index (χ0v) is 13.8. The van der Waals surface area contributed by atoms with Gasteiger partial charge in [0.05, 0.1) is 0 Å². The lowest BCUT2D eigenvalue weighted by Gasteiger charge is -2.39. The molecule has 0 aromatic rings. The van der Waals surface area contributed by atoms with E-state index in [0.717, 1.165) is 41.6 Å². The molecule has 3 N–H and O–H groups in total. The topological polar surface area (TPSA) is 86.6 Å². The maximum absolute atomic E-state index is 12.8. The molecule has 1 saturated carbocycles. The zero-order valence-electron chi connectivity index (χ0n) is 13.8. The number of rotatable bonds is 4. The van der Waals surface area contributed by atoms with Crippen molar-refractivity contribution in [2.45, 2.75) is 52.1 Å². The summed E-state index contributed by atoms with van der Waals surface area (Å²) in [6.07, 6.45) is 3.98. The molecule has 5 nitrogen and oxygen atoms in total. The lowest BCUT2D eigenvalue weighted by molar-refractivity contribution is -0.137. The van der Waals surface area contributed by atoms with E-state index in [1.54, 1.807) is 6.92 Å². The highest BCUT2D eigenvalue weighted by molar-refractivity contribution is 6.10. The van der Waals surface area contributed by atoms with Gasteiger partial charge in [-0.3, -0.25) is 4.79 Å². The van der Waals surface area contributed by atoms with Crippen LogP contribution in [0.25, 0.3) is 0 Å². The lowest BCUT2D eigenvalue weighted by Crippen LogP contribution is -2.49. The molecule has 124 valence electrons. The third kappa shape index (κ3) is 2.17. The van der Waals surface area contributed by atoms with Crippen molar-refractivity contribution >= 4 is 11.9 Å². The second kappa shape index (κ2) is 5.06. The van der Waals surface area contributed by atoms with Crippen LogP contribution in [-0.2, 0) is 4.79 Å². The number of allylic oxidation sites excluding steroid dienone is 4. The van der Waals surface area contributed by atoms with Crippen molar-refractivity contribution in [3.05, 3.63) is 33.9 Å². The molecular weight excluding hydrogens is 294 g/mol. The molecule has 3 rings (SSSR count). The first-order valence-corrected chi connectivity index (χ1v) is 8.10. The Bertz CT molecular complexity index is 690. The van der Waals surface area contributed by atoms with Crippen LogP contribution in [0.5, 0.6) is 0 Å². The first kappa shape index (κ1) is 16.0. The summed E-state index contributed by atoms with van der Waals surface area (Å²) in [5.74, 6) is -0.173. The van der Waals surface area contributed by atoms with Gasteiger partial charge in [0.15, 0.2) is 5.78 Å². The van der Waals surface area contributed by atoms with E-state index in [4.69, 9.17) is 5.11 Å². The number of carboxylic acid groups (broad SMARTS) is 1. The van der Waals surface area contributed by atoms with Crippen molar-refractivity contribution in [3.8, 4) is 0 Å². The fourth-order valence-corrected chi connectivity index (χ4v) is 4.20. The SMILES string of the molecule is CC1=C(CCCNC(=O)O)C2=C(C)C3(CC3)[C@@](C)(O)C(=O)C2=C1. The maximum Gasteiger partial charge on any atom is 0.404 e. The van der Waals surface area contributed by atoms with Gasteiger partial charge in [-0.15, -0.1) is 0 Å². The Morgan fingerprint density at radius 1 is 1.35 bits per heavy atom. The average Bonchev–Trinajstić information content (AvgIpc) is 3.22. The molecule has 0 aromatic carbocycles. The van der Waals surface area contributed by atoms with E-state index < -0.39 is 17.1 Å². The van der Waals surface area contributed by atoms with Gasteiger partial charge in [0.2, 0.25) is 0 Å². The van der Waals surface area contributed by atoms with E-state index in [-0.39, 0.29) is 5.78 Å². The molecule has 0 aliphatic heterocycles. The Labute approximate surface area is 135 Å². The molecule has 0 saturated heterocycles. The van der Waals surface area contributed by atoms with Crippen LogP contribution < -0.4 is 5.32 Å². The quantitative estimate of drug-likeness (QED) is 0.696. The van der Waals surface area contributed by atoms with Gasteiger partial charge in [-0.25, -0.2) is 4.79 Å². The summed E-state index contributed by atoms with van der Waals surface area (Å²) in [5, 5.41) is 21.8. The smallest absolute Gasteiger partial charge is 0.404 e. The van der Waals surface area contributed by atoms with Crippen LogP contribution in [0, 0.1) is 5.41 Å². The van der Waals surface area contributed by atoms with Crippen molar-refractivity contribution < 1.29 is 19.8 Å². The summed E-state index contributed by atoms with van der Waals surface area (Å²) in [7, 11) is 0. The van der Waals surface area contributed by atoms with Crippen molar-refractivity contribution in [2.75, 3.05) is 6.54 Å². The fourth-order valence-electron chi connectivity index (χ4n) is 4.20. The average molecular weight is 317 g/mol. The Morgan fingerprint density at radius 3 is 2.57 bits per heavy atom. The van der Waals surface area contributed by atoms with Gasteiger partial charge in [0.25, 0.3) is 0 Å². The van der Waals surface area contributed by atoms with E-state index in [0.29, 0.717) is 18.5 Å². The molecule has 23 heavy (non-hydrogen) atoms. The molecule has 1 fully saturated rings. The molecule has 0 aromatic heterocycles. The first-order chi connectivity index (χ1) is 10.7. The van der Waals surface area contributed by atoms with Gasteiger partial charge in [-0.2, -0.15) is 0 Å². The monoisotopic (exact) mass is 317 g/mol. The van der Waals surface area contributed by atoms with Crippen molar-refractivity contribution in [1.29, 1.82) is 0 Å². The predicted molar refractivity (Wildman–Crippen MR) is 86.0 cm³/mol. The van der Waals surface area contributed by atoms with Gasteiger partial charge in [-0.05, 0) is 69.2 Å². The van der Waals surface area contributed by atoms with Crippen LogP contribution in [0.1, 0.15) is 46.5 Å². The lowest BCUT2D eigenvalue weighted by atomic mass is 9.67. The van der Waals surface area contributed by atoms with E-state index in [9.17, 15) is 14.7 Å². The highest BCUT2D eigenvalue weighted by Crippen LogP contribution is 2.65. The molecule has 0 unspecified atom stereocenters. The minimum atomic E-state index is -1.31. The number of fused-ring (bicyclic) bond motifs is 1. The molecule has 1 atom stereocenters. The van der Waals surface area contributed by atoms with E-state index in [2.05, 4.69) is 5.32 Å². The number of hydrogen-bond donors (Lipinski definition) is 3. The summed E-state index contributed by atoms with van der Waals surface area (Å²) < 4.78 is 0. The summed E-state index contributed by atoms with van der Waals surface area (Å²) >= 11 is 0. The summed E-state index contributed by atoms with van der Waals surface area (Å²) in [6.45, 7) is 6.05. The maximum atomic E-state index is 12.8. The summed E-state index contributed by atoms with van der Waals surface area (Å²) in [4.78, 5) is 23.3. The molecule has 1 amide bonds. The zero-order chi connectivity index (χ0) is 17.0. The number of ketones is 1. The second-order valence-corrected chi connectivity index (χ2v) is 7.04. The van der Waals surface area contributed by atoms with Gasteiger partial charge < -0.3 is 15.5 Å². The largest absolute Gasteiger partial charge is 0.465 e. The fraction of sp³-hybridized carbons (Fsp3) is 0.556. The number of nitrogens with one attached hydrogen (secondary N) is 1. The van der Waals surface area contributed by atoms with Crippen LogP contribution in [0.2, 0.25) is 0 Å². The number of aliphatic hydroxyl groups is 1. The number of amides is 1. The Morgan fingerprint density at radius 2 is 2.00 bits per heavy atom. The Balaban J connectivity index is 1.89. The normalized spacial score (nSPS) is 28.2. The predicted octanol–water partition coefficient (Wildman–Crippen LogP) is 2.72. The molecule has 0 radical (unpaired) electrons. The summed E-state index contributed by atoms with van der Waals surface area (Å²) in [5.41, 5.74) is 3.21. The van der Waals surface area contributed by atoms with Crippen LogP contribution in [0.4, 0.5) is 4.79 Å². The molecule has 1 spiro atoms. The van der Waals surface area contributed by atoms with Crippen LogP contribution >= 0.6 is 0 Å². The minimum Gasteiger partial charge on any atom is -0.465 e.